The molecule has 2 aromatic rings. The van der Waals surface area contributed by atoms with Gasteiger partial charge in [-0.3, -0.25) is 4.79 Å². The molecular weight excluding hydrogens is 388 g/mol. The Labute approximate surface area is 173 Å². The molecule has 0 aromatic heterocycles. The van der Waals surface area contributed by atoms with Crippen LogP contribution < -0.4 is 4.74 Å². The van der Waals surface area contributed by atoms with Crippen LogP contribution in [0.1, 0.15) is 25.0 Å². The third-order valence-corrected chi connectivity index (χ3v) is 6.80. The Hall–Kier alpha value is -2.38. The average Bonchev–Trinajstić information content (AvgIpc) is 2.72. The first-order chi connectivity index (χ1) is 13.7. The number of ether oxygens (including phenoxy) is 1. The highest BCUT2D eigenvalue weighted by molar-refractivity contribution is 7.88. The van der Waals surface area contributed by atoms with Gasteiger partial charge in [-0.1, -0.05) is 56.3 Å². The number of nitrogens with zero attached hydrogens (tertiary/aromatic N) is 2. The SMILES string of the molecule is CC(C)(c1ccccc1)c1ccc(OCC(=O)N2CCN(S(C)(=O)=O)CC2)cc1. The third kappa shape index (κ3) is 5.16. The molecule has 1 amide bonds. The van der Waals surface area contributed by atoms with Crippen molar-refractivity contribution in [2.75, 3.05) is 39.0 Å². The second-order valence-corrected chi connectivity index (χ2v) is 9.83. The lowest BCUT2D eigenvalue weighted by atomic mass is 9.78. The van der Waals surface area contributed by atoms with Gasteiger partial charge in [-0.25, -0.2) is 8.42 Å². The number of hydrogen-bond acceptors (Lipinski definition) is 4. The summed E-state index contributed by atoms with van der Waals surface area (Å²) in [6.07, 6.45) is 1.19. The van der Waals surface area contributed by atoms with E-state index in [1.807, 2.05) is 42.5 Å². The number of carbonyl (C=O) groups is 1. The first-order valence-corrected chi connectivity index (χ1v) is 11.5. The molecule has 1 aliphatic rings. The van der Waals surface area contributed by atoms with Crippen LogP contribution in [0, 0.1) is 0 Å². The summed E-state index contributed by atoms with van der Waals surface area (Å²) in [7, 11) is -3.20. The standard InChI is InChI=1S/C22H28N2O4S/c1-22(2,18-7-5-4-6-8-18)19-9-11-20(12-10-19)28-17-21(25)23-13-15-24(16-14-23)29(3,26)27/h4-12H,13-17H2,1-3H3. The molecule has 0 unspecified atom stereocenters. The summed E-state index contributed by atoms with van der Waals surface area (Å²) < 4.78 is 30.2. The first-order valence-electron chi connectivity index (χ1n) is 9.70. The predicted molar refractivity (Wildman–Crippen MR) is 114 cm³/mol. The largest absolute Gasteiger partial charge is 0.484 e. The normalized spacial score (nSPS) is 15.9. The van der Waals surface area contributed by atoms with Gasteiger partial charge >= 0.3 is 0 Å². The molecule has 1 heterocycles. The highest BCUT2D eigenvalue weighted by Crippen LogP contribution is 2.32. The van der Waals surface area contributed by atoms with Crippen molar-refractivity contribution >= 4 is 15.9 Å². The van der Waals surface area contributed by atoms with Gasteiger partial charge in [-0.15, -0.1) is 0 Å². The van der Waals surface area contributed by atoms with Crippen molar-refractivity contribution in [2.45, 2.75) is 19.3 Å². The summed E-state index contributed by atoms with van der Waals surface area (Å²) >= 11 is 0. The second-order valence-electron chi connectivity index (χ2n) is 7.85. The maximum absolute atomic E-state index is 12.4. The zero-order valence-corrected chi connectivity index (χ0v) is 18.0. The van der Waals surface area contributed by atoms with E-state index in [1.54, 1.807) is 4.90 Å². The summed E-state index contributed by atoms with van der Waals surface area (Å²) in [5.41, 5.74) is 2.27. The zero-order chi connectivity index (χ0) is 21.1. The maximum atomic E-state index is 12.4. The Morgan fingerprint density at radius 2 is 1.48 bits per heavy atom. The van der Waals surface area contributed by atoms with Gasteiger partial charge in [-0.05, 0) is 23.3 Å². The zero-order valence-electron chi connectivity index (χ0n) is 17.2. The van der Waals surface area contributed by atoms with Gasteiger partial charge in [0.15, 0.2) is 6.61 Å². The van der Waals surface area contributed by atoms with Crippen molar-refractivity contribution in [3.8, 4) is 5.75 Å². The maximum Gasteiger partial charge on any atom is 0.260 e. The number of hydrogen-bond donors (Lipinski definition) is 0. The van der Waals surface area contributed by atoms with Gasteiger partial charge in [0.25, 0.3) is 5.91 Å². The second kappa shape index (κ2) is 8.55. The van der Waals surface area contributed by atoms with Crippen molar-refractivity contribution in [3.63, 3.8) is 0 Å². The van der Waals surface area contributed by atoms with Gasteiger partial charge in [0.1, 0.15) is 5.75 Å². The smallest absolute Gasteiger partial charge is 0.260 e. The predicted octanol–water partition coefficient (Wildman–Crippen LogP) is 2.50. The minimum absolute atomic E-state index is 0.0553. The van der Waals surface area contributed by atoms with E-state index in [4.69, 9.17) is 4.74 Å². The van der Waals surface area contributed by atoms with E-state index in [2.05, 4.69) is 26.0 Å². The molecule has 1 fully saturated rings. The molecule has 0 atom stereocenters. The van der Waals surface area contributed by atoms with Crippen LogP contribution in [0.4, 0.5) is 0 Å². The summed E-state index contributed by atoms with van der Waals surface area (Å²) in [5.74, 6) is 0.507. The summed E-state index contributed by atoms with van der Waals surface area (Å²) in [6, 6.07) is 18.1. The van der Waals surface area contributed by atoms with Gasteiger partial charge in [-0.2, -0.15) is 4.31 Å². The van der Waals surface area contributed by atoms with Gasteiger partial charge < -0.3 is 9.64 Å². The van der Waals surface area contributed by atoms with Crippen LogP contribution in [0.5, 0.6) is 5.75 Å². The van der Waals surface area contributed by atoms with Crippen molar-refractivity contribution in [2.24, 2.45) is 0 Å². The molecular formula is C22H28N2O4S. The fourth-order valence-corrected chi connectivity index (χ4v) is 4.32. The van der Waals surface area contributed by atoms with Crippen LogP contribution in [-0.4, -0.2) is 62.6 Å². The highest BCUT2D eigenvalue weighted by Gasteiger charge is 2.26. The van der Waals surface area contributed by atoms with Crippen molar-refractivity contribution < 1.29 is 17.9 Å². The minimum atomic E-state index is -3.20. The quantitative estimate of drug-likeness (QED) is 0.726. The average molecular weight is 417 g/mol. The molecule has 0 bridgehead atoms. The van der Waals surface area contributed by atoms with E-state index in [9.17, 15) is 13.2 Å². The Kier molecular flexibility index (Phi) is 6.29. The summed E-state index contributed by atoms with van der Waals surface area (Å²) in [4.78, 5) is 14.0. The van der Waals surface area contributed by atoms with Gasteiger partial charge in [0.05, 0.1) is 6.26 Å². The van der Waals surface area contributed by atoms with Gasteiger partial charge in [0, 0.05) is 31.6 Å². The Balaban J connectivity index is 1.55. The summed E-state index contributed by atoms with van der Waals surface area (Å²) in [5, 5.41) is 0. The lowest BCUT2D eigenvalue weighted by Crippen LogP contribution is -2.51. The lowest BCUT2D eigenvalue weighted by Gasteiger charge is -2.33. The van der Waals surface area contributed by atoms with Gasteiger partial charge in [0.2, 0.25) is 10.0 Å². The van der Waals surface area contributed by atoms with Crippen LogP contribution in [0.25, 0.3) is 0 Å². The molecule has 3 rings (SSSR count). The Morgan fingerprint density at radius 1 is 0.931 bits per heavy atom. The molecule has 2 aromatic carbocycles. The van der Waals surface area contributed by atoms with E-state index in [1.165, 1.54) is 21.7 Å². The lowest BCUT2D eigenvalue weighted by molar-refractivity contribution is -0.134. The van der Waals surface area contributed by atoms with Crippen molar-refractivity contribution in [1.82, 2.24) is 9.21 Å². The number of benzene rings is 2. The Bertz CT molecular complexity index is 933. The first kappa shape index (κ1) is 21.3. The molecule has 6 nitrogen and oxygen atoms in total. The molecule has 156 valence electrons. The minimum Gasteiger partial charge on any atom is -0.484 e. The highest BCUT2D eigenvalue weighted by atomic mass is 32.2. The fourth-order valence-electron chi connectivity index (χ4n) is 3.49. The number of amides is 1. The van der Waals surface area contributed by atoms with E-state index >= 15 is 0 Å². The molecule has 1 saturated heterocycles. The third-order valence-electron chi connectivity index (χ3n) is 5.49. The molecule has 1 aliphatic heterocycles. The topological polar surface area (TPSA) is 66.9 Å². The van der Waals surface area contributed by atoms with Crippen LogP contribution in [0.15, 0.2) is 54.6 Å². The fraction of sp³-hybridized carbons (Fsp3) is 0.409. The number of carbonyl (C=O) groups excluding carboxylic acids is 1. The van der Waals surface area contributed by atoms with E-state index < -0.39 is 10.0 Å². The molecule has 0 radical (unpaired) electrons. The van der Waals surface area contributed by atoms with Crippen LogP contribution in [0.3, 0.4) is 0 Å². The van der Waals surface area contributed by atoms with Crippen molar-refractivity contribution in [1.29, 1.82) is 0 Å². The van der Waals surface area contributed by atoms with Crippen LogP contribution in [0.2, 0.25) is 0 Å². The number of piperazine rings is 1. The van der Waals surface area contributed by atoms with Crippen LogP contribution >= 0.6 is 0 Å². The Morgan fingerprint density at radius 3 is 2.03 bits per heavy atom. The molecule has 0 saturated carbocycles. The van der Waals surface area contributed by atoms with E-state index in [-0.39, 0.29) is 17.9 Å². The molecule has 0 N–H and O–H groups in total. The van der Waals surface area contributed by atoms with E-state index in [0.29, 0.717) is 31.9 Å². The summed E-state index contributed by atoms with van der Waals surface area (Å²) in [6.45, 7) is 5.73. The molecule has 0 spiro atoms. The molecule has 29 heavy (non-hydrogen) atoms. The van der Waals surface area contributed by atoms with E-state index in [0.717, 1.165) is 0 Å². The monoisotopic (exact) mass is 416 g/mol. The van der Waals surface area contributed by atoms with Crippen LogP contribution in [-0.2, 0) is 20.2 Å². The number of rotatable bonds is 6. The molecule has 0 aliphatic carbocycles. The molecule has 7 heteroatoms. The van der Waals surface area contributed by atoms with Crippen molar-refractivity contribution in [3.05, 3.63) is 65.7 Å². The number of sulfonamides is 1.